The van der Waals surface area contributed by atoms with Crippen LogP contribution in [0.4, 0.5) is 0 Å². The molecule has 1 aliphatic carbocycles. The summed E-state index contributed by atoms with van der Waals surface area (Å²) in [5.41, 5.74) is 7.12. The highest BCUT2D eigenvalue weighted by molar-refractivity contribution is 5.14. The van der Waals surface area contributed by atoms with Crippen molar-refractivity contribution in [2.75, 3.05) is 26.2 Å². The smallest absolute Gasteiger partial charge is 0.0105 e. The van der Waals surface area contributed by atoms with Crippen LogP contribution >= 0.6 is 0 Å². The topological polar surface area (TPSA) is 29.3 Å². The molecule has 0 amide bonds. The second-order valence-electron chi connectivity index (χ2n) is 5.30. The van der Waals surface area contributed by atoms with E-state index in [2.05, 4.69) is 42.2 Å². The third-order valence-electron chi connectivity index (χ3n) is 3.77. The van der Waals surface area contributed by atoms with E-state index in [9.17, 15) is 0 Å². The molecule has 0 aliphatic heterocycles. The Morgan fingerprint density at radius 3 is 2.53 bits per heavy atom. The molecular formula is C15H24N2. The molecule has 0 spiro atoms. The van der Waals surface area contributed by atoms with E-state index in [1.165, 1.54) is 18.5 Å². The molecule has 94 valence electrons. The monoisotopic (exact) mass is 232 g/mol. The molecule has 2 unspecified atom stereocenters. The number of rotatable bonds is 7. The molecule has 2 rings (SSSR count). The quantitative estimate of drug-likeness (QED) is 0.780. The van der Waals surface area contributed by atoms with E-state index in [4.69, 9.17) is 5.73 Å². The fourth-order valence-corrected chi connectivity index (χ4v) is 2.39. The third-order valence-corrected chi connectivity index (χ3v) is 3.77. The predicted molar refractivity (Wildman–Crippen MR) is 72.9 cm³/mol. The first-order valence-corrected chi connectivity index (χ1v) is 6.76. The van der Waals surface area contributed by atoms with Crippen LogP contribution in [0.1, 0.15) is 18.9 Å². The molecule has 0 aromatic heterocycles. The normalized spacial score (nSPS) is 23.0. The van der Waals surface area contributed by atoms with Gasteiger partial charge in [0, 0.05) is 26.2 Å². The molecule has 0 bridgehead atoms. The summed E-state index contributed by atoms with van der Waals surface area (Å²) in [5.74, 6) is 1.87. The van der Waals surface area contributed by atoms with Crippen molar-refractivity contribution >= 4 is 0 Å². The van der Waals surface area contributed by atoms with Crippen LogP contribution in [0.3, 0.4) is 0 Å². The Morgan fingerprint density at radius 2 is 1.94 bits per heavy atom. The highest BCUT2D eigenvalue weighted by Crippen LogP contribution is 2.38. The second-order valence-corrected chi connectivity index (χ2v) is 5.30. The fraction of sp³-hybridized carbons (Fsp3) is 0.600. The summed E-state index contributed by atoms with van der Waals surface area (Å²) in [5, 5.41) is 0. The van der Waals surface area contributed by atoms with Crippen LogP contribution in [-0.2, 0) is 6.42 Å². The number of hydrogen-bond acceptors (Lipinski definition) is 2. The van der Waals surface area contributed by atoms with E-state index in [0.717, 1.165) is 37.9 Å². The largest absolute Gasteiger partial charge is 0.329 e. The summed E-state index contributed by atoms with van der Waals surface area (Å²) in [4.78, 5) is 2.53. The second kappa shape index (κ2) is 6.18. The van der Waals surface area contributed by atoms with Crippen molar-refractivity contribution < 1.29 is 0 Å². The fourth-order valence-electron chi connectivity index (χ4n) is 2.39. The van der Waals surface area contributed by atoms with Crippen molar-refractivity contribution in [3.05, 3.63) is 35.9 Å². The maximum atomic E-state index is 5.69. The van der Waals surface area contributed by atoms with Gasteiger partial charge in [-0.3, -0.25) is 0 Å². The Balaban J connectivity index is 1.77. The Hall–Kier alpha value is -0.860. The number of hydrogen-bond donors (Lipinski definition) is 1. The van der Waals surface area contributed by atoms with Crippen LogP contribution < -0.4 is 5.73 Å². The molecule has 1 fully saturated rings. The van der Waals surface area contributed by atoms with Crippen molar-refractivity contribution in [2.24, 2.45) is 17.6 Å². The maximum Gasteiger partial charge on any atom is 0.0105 e. The number of benzene rings is 1. The van der Waals surface area contributed by atoms with E-state index in [1.54, 1.807) is 0 Å². The third kappa shape index (κ3) is 4.14. The standard InChI is InChI=1S/C15H24N2/c1-13-11-15(13)12-17(10-8-16)9-7-14-5-3-2-4-6-14/h2-6,13,15H,7-12,16H2,1H3. The number of nitrogens with two attached hydrogens (primary N) is 1. The van der Waals surface area contributed by atoms with E-state index >= 15 is 0 Å². The van der Waals surface area contributed by atoms with Crippen LogP contribution in [0.25, 0.3) is 0 Å². The summed E-state index contributed by atoms with van der Waals surface area (Å²) in [6.07, 6.45) is 2.55. The highest BCUT2D eigenvalue weighted by Gasteiger charge is 2.33. The molecule has 2 N–H and O–H groups in total. The van der Waals surface area contributed by atoms with Crippen LogP contribution in [0.5, 0.6) is 0 Å². The molecular weight excluding hydrogens is 208 g/mol. The zero-order valence-corrected chi connectivity index (χ0v) is 10.8. The average Bonchev–Trinajstić information content (AvgIpc) is 3.04. The lowest BCUT2D eigenvalue weighted by Gasteiger charge is -2.21. The van der Waals surface area contributed by atoms with Crippen LogP contribution in [0.15, 0.2) is 30.3 Å². The Bertz CT molecular complexity index is 323. The lowest BCUT2D eigenvalue weighted by molar-refractivity contribution is 0.269. The summed E-state index contributed by atoms with van der Waals surface area (Å²) in [6, 6.07) is 10.7. The first-order chi connectivity index (χ1) is 8.29. The van der Waals surface area contributed by atoms with E-state index in [1.807, 2.05) is 0 Å². The number of nitrogens with zero attached hydrogens (tertiary/aromatic N) is 1. The van der Waals surface area contributed by atoms with Gasteiger partial charge in [0.25, 0.3) is 0 Å². The van der Waals surface area contributed by atoms with Gasteiger partial charge in [0.05, 0.1) is 0 Å². The Kier molecular flexibility index (Phi) is 4.57. The van der Waals surface area contributed by atoms with E-state index < -0.39 is 0 Å². The predicted octanol–water partition coefficient (Wildman–Crippen LogP) is 2.15. The van der Waals surface area contributed by atoms with Crippen LogP contribution in [-0.4, -0.2) is 31.1 Å². The molecule has 1 aromatic carbocycles. The minimum Gasteiger partial charge on any atom is -0.329 e. The average molecular weight is 232 g/mol. The molecule has 1 saturated carbocycles. The minimum absolute atomic E-state index is 0.774. The lowest BCUT2D eigenvalue weighted by atomic mass is 10.1. The van der Waals surface area contributed by atoms with Gasteiger partial charge in [-0.1, -0.05) is 37.3 Å². The lowest BCUT2D eigenvalue weighted by Crippen LogP contribution is -2.33. The van der Waals surface area contributed by atoms with Gasteiger partial charge in [0.2, 0.25) is 0 Å². The van der Waals surface area contributed by atoms with Gasteiger partial charge >= 0.3 is 0 Å². The minimum atomic E-state index is 0.774. The molecule has 1 aliphatic rings. The van der Waals surface area contributed by atoms with E-state index in [-0.39, 0.29) is 0 Å². The molecule has 2 heteroatoms. The molecule has 17 heavy (non-hydrogen) atoms. The van der Waals surface area contributed by atoms with Crippen LogP contribution in [0.2, 0.25) is 0 Å². The first kappa shape index (κ1) is 12.6. The summed E-state index contributed by atoms with van der Waals surface area (Å²) in [6.45, 7) is 6.55. The SMILES string of the molecule is CC1CC1CN(CCN)CCc1ccccc1. The van der Waals surface area contributed by atoms with Crippen molar-refractivity contribution in [1.29, 1.82) is 0 Å². The summed E-state index contributed by atoms with van der Waals surface area (Å²) in [7, 11) is 0. The summed E-state index contributed by atoms with van der Waals surface area (Å²) >= 11 is 0. The van der Waals surface area contributed by atoms with Gasteiger partial charge in [-0.25, -0.2) is 0 Å². The van der Waals surface area contributed by atoms with Gasteiger partial charge in [-0.2, -0.15) is 0 Å². The van der Waals surface area contributed by atoms with Crippen molar-refractivity contribution in [3.63, 3.8) is 0 Å². The zero-order chi connectivity index (χ0) is 12.1. The first-order valence-electron chi connectivity index (χ1n) is 6.76. The van der Waals surface area contributed by atoms with Crippen LogP contribution in [0, 0.1) is 11.8 Å². The Morgan fingerprint density at radius 1 is 1.24 bits per heavy atom. The van der Waals surface area contributed by atoms with Gasteiger partial charge in [0.15, 0.2) is 0 Å². The molecule has 2 atom stereocenters. The highest BCUT2D eigenvalue weighted by atomic mass is 15.1. The molecule has 0 saturated heterocycles. The van der Waals surface area contributed by atoms with Gasteiger partial charge in [-0.15, -0.1) is 0 Å². The molecule has 1 aromatic rings. The molecule has 0 radical (unpaired) electrons. The Labute approximate surface area is 105 Å². The van der Waals surface area contributed by atoms with E-state index in [0.29, 0.717) is 0 Å². The molecule has 0 heterocycles. The van der Waals surface area contributed by atoms with Gasteiger partial charge in [-0.05, 0) is 30.2 Å². The van der Waals surface area contributed by atoms with Gasteiger partial charge < -0.3 is 10.6 Å². The van der Waals surface area contributed by atoms with Crippen molar-refractivity contribution in [3.8, 4) is 0 Å². The molecule has 2 nitrogen and oxygen atoms in total. The van der Waals surface area contributed by atoms with Crippen molar-refractivity contribution in [1.82, 2.24) is 4.90 Å². The maximum absolute atomic E-state index is 5.69. The van der Waals surface area contributed by atoms with Crippen molar-refractivity contribution in [2.45, 2.75) is 19.8 Å². The summed E-state index contributed by atoms with van der Waals surface area (Å²) < 4.78 is 0. The zero-order valence-electron chi connectivity index (χ0n) is 10.8. The van der Waals surface area contributed by atoms with Gasteiger partial charge in [0.1, 0.15) is 0 Å².